The SMILES string of the molecule is O=C1NC(=O)N(C2CCCCC2)C(=O)C1=Cc1cccn1-c1ccccc1F. The van der Waals surface area contributed by atoms with Crippen molar-refractivity contribution in [3.63, 3.8) is 0 Å². The number of nitrogens with one attached hydrogen (secondary N) is 1. The van der Waals surface area contributed by atoms with Gasteiger partial charge < -0.3 is 4.57 Å². The largest absolute Gasteiger partial charge is 0.331 e. The predicted molar refractivity (Wildman–Crippen MR) is 101 cm³/mol. The maximum absolute atomic E-state index is 14.2. The van der Waals surface area contributed by atoms with Gasteiger partial charge in [-0.05, 0) is 43.2 Å². The fraction of sp³-hybridized carbons (Fsp3) is 0.286. The minimum absolute atomic E-state index is 0.124. The molecule has 2 fully saturated rings. The van der Waals surface area contributed by atoms with Crippen LogP contribution in [0.3, 0.4) is 0 Å². The van der Waals surface area contributed by atoms with Crippen LogP contribution >= 0.6 is 0 Å². The molecule has 1 aliphatic carbocycles. The topological polar surface area (TPSA) is 71.4 Å². The summed E-state index contributed by atoms with van der Waals surface area (Å²) < 4.78 is 15.7. The summed E-state index contributed by atoms with van der Waals surface area (Å²) in [6.07, 6.45) is 7.53. The lowest BCUT2D eigenvalue weighted by Gasteiger charge is -2.35. The van der Waals surface area contributed by atoms with Crippen molar-refractivity contribution in [1.82, 2.24) is 14.8 Å². The summed E-state index contributed by atoms with van der Waals surface area (Å²) in [5.41, 5.74) is 0.659. The first-order valence-electron chi connectivity index (χ1n) is 9.39. The first-order valence-corrected chi connectivity index (χ1v) is 9.39. The molecule has 1 saturated heterocycles. The zero-order chi connectivity index (χ0) is 19.7. The predicted octanol–water partition coefficient (Wildman–Crippen LogP) is 3.41. The summed E-state index contributed by atoms with van der Waals surface area (Å²) in [5.74, 6) is -1.75. The van der Waals surface area contributed by atoms with Crippen LogP contribution in [-0.2, 0) is 9.59 Å². The molecule has 1 aromatic heterocycles. The van der Waals surface area contributed by atoms with Gasteiger partial charge in [-0.25, -0.2) is 9.18 Å². The number of barbiturate groups is 1. The lowest BCUT2D eigenvalue weighted by Crippen LogP contribution is -2.58. The standard InChI is InChI=1S/C21H20FN3O3/c22-17-10-4-5-11-18(17)24-12-6-9-15(24)13-16-19(26)23-21(28)25(20(16)27)14-7-2-1-3-8-14/h4-6,9-14H,1-3,7-8H2,(H,23,26,28). The minimum atomic E-state index is -0.733. The van der Waals surface area contributed by atoms with Crippen LogP contribution in [0.15, 0.2) is 48.2 Å². The van der Waals surface area contributed by atoms with Crippen molar-refractivity contribution in [1.29, 1.82) is 0 Å². The molecule has 2 aromatic rings. The molecule has 1 aliphatic heterocycles. The summed E-state index contributed by atoms with van der Waals surface area (Å²) in [7, 11) is 0. The number of halogens is 1. The molecule has 0 radical (unpaired) electrons. The Morgan fingerprint density at radius 3 is 2.50 bits per heavy atom. The Hall–Kier alpha value is -3.22. The molecule has 1 aromatic carbocycles. The van der Waals surface area contributed by atoms with Crippen LogP contribution in [0.25, 0.3) is 11.8 Å². The van der Waals surface area contributed by atoms with Crippen molar-refractivity contribution in [2.45, 2.75) is 38.1 Å². The van der Waals surface area contributed by atoms with Crippen molar-refractivity contribution in [2.75, 3.05) is 0 Å². The maximum atomic E-state index is 14.2. The van der Waals surface area contributed by atoms with E-state index in [9.17, 15) is 18.8 Å². The van der Waals surface area contributed by atoms with Gasteiger partial charge in [-0.2, -0.15) is 0 Å². The number of imide groups is 2. The number of hydrogen-bond acceptors (Lipinski definition) is 3. The fourth-order valence-corrected chi connectivity index (χ4v) is 3.87. The highest BCUT2D eigenvalue weighted by atomic mass is 19.1. The highest BCUT2D eigenvalue weighted by Gasteiger charge is 2.40. The number of rotatable bonds is 3. The van der Waals surface area contributed by atoms with E-state index in [1.807, 2.05) is 0 Å². The molecule has 7 heteroatoms. The molecule has 0 bridgehead atoms. The van der Waals surface area contributed by atoms with Crippen LogP contribution in [0.2, 0.25) is 0 Å². The third kappa shape index (κ3) is 3.24. The maximum Gasteiger partial charge on any atom is 0.331 e. The average Bonchev–Trinajstić information content (AvgIpc) is 3.14. The molecule has 6 nitrogen and oxygen atoms in total. The lowest BCUT2D eigenvalue weighted by molar-refractivity contribution is -0.132. The summed E-state index contributed by atoms with van der Waals surface area (Å²) in [6, 6.07) is 8.77. The molecule has 1 N–H and O–H groups in total. The van der Waals surface area contributed by atoms with E-state index in [0.29, 0.717) is 11.4 Å². The first-order chi connectivity index (χ1) is 13.6. The molecule has 0 atom stereocenters. The Morgan fingerprint density at radius 2 is 1.75 bits per heavy atom. The number of carbonyl (C=O) groups excluding carboxylic acids is 3. The van der Waals surface area contributed by atoms with Gasteiger partial charge in [0.25, 0.3) is 11.8 Å². The Bertz CT molecular complexity index is 973. The smallest absolute Gasteiger partial charge is 0.314 e. The number of carbonyl (C=O) groups is 3. The third-order valence-electron chi connectivity index (χ3n) is 5.26. The van der Waals surface area contributed by atoms with Crippen LogP contribution < -0.4 is 5.32 Å². The van der Waals surface area contributed by atoms with E-state index in [1.165, 1.54) is 17.0 Å². The van der Waals surface area contributed by atoms with Gasteiger partial charge in [0.1, 0.15) is 11.4 Å². The number of aromatic nitrogens is 1. The number of urea groups is 1. The van der Waals surface area contributed by atoms with Gasteiger partial charge in [-0.3, -0.25) is 19.8 Å². The number of hydrogen-bond donors (Lipinski definition) is 1. The van der Waals surface area contributed by atoms with Crippen LogP contribution in [0.1, 0.15) is 37.8 Å². The van der Waals surface area contributed by atoms with Crippen LogP contribution in [-0.4, -0.2) is 33.4 Å². The van der Waals surface area contributed by atoms with E-state index in [1.54, 1.807) is 41.1 Å². The molecule has 2 heterocycles. The molecular formula is C21H20FN3O3. The van der Waals surface area contributed by atoms with Crippen LogP contribution in [0, 0.1) is 5.82 Å². The van der Waals surface area contributed by atoms with E-state index < -0.39 is 23.7 Å². The van der Waals surface area contributed by atoms with E-state index in [2.05, 4.69) is 5.32 Å². The summed E-state index contributed by atoms with van der Waals surface area (Å²) in [6.45, 7) is 0. The van der Waals surface area contributed by atoms with Crippen molar-refractivity contribution < 1.29 is 18.8 Å². The molecule has 4 amide bonds. The van der Waals surface area contributed by atoms with E-state index in [0.717, 1.165) is 32.1 Å². The summed E-state index contributed by atoms with van der Waals surface area (Å²) in [4.78, 5) is 38.8. The highest BCUT2D eigenvalue weighted by Crippen LogP contribution is 2.27. The molecule has 4 rings (SSSR count). The van der Waals surface area contributed by atoms with Gasteiger partial charge in [0.15, 0.2) is 0 Å². The van der Waals surface area contributed by atoms with Gasteiger partial charge >= 0.3 is 6.03 Å². The zero-order valence-corrected chi connectivity index (χ0v) is 15.2. The number of benzene rings is 1. The fourth-order valence-electron chi connectivity index (χ4n) is 3.87. The Morgan fingerprint density at radius 1 is 1.00 bits per heavy atom. The molecule has 144 valence electrons. The molecule has 0 unspecified atom stereocenters. The quantitative estimate of drug-likeness (QED) is 0.654. The molecule has 1 saturated carbocycles. The van der Waals surface area contributed by atoms with Crippen molar-refractivity contribution in [2.24, 2.45) is 0 Å². The summed E-state index contributed by atoms with van der Waals surface area (Å²) >= 11 is 0. The van der Waals surface area contributed by atoms with Gasteiger partial charge in [-0.1, -0.05) is 31.4 Å². The van der Waals surface area contributed by atoms with E-state index in [-0.39, 0.29) is 11.6 Å². The van der Waals surface area contributed by atoms with Crippen molar-refractivity contribution in [3.05, 3.63) is 59.7 Å². The third-order valence-corrected chi connectivity index (χ3v) is 5.26. The summed E-state index contributed by atoms with van der Waals surface area (Å²) in [5, 5.41) is 2.27. The Balaban J connectivity index is 1.70. The average molecular weight is 381 g/mol. The Labute approximate surface area is 161 Å². The van der Waals surface area contributed by atoms with Crippen molar-refractivity contribution >= 4 is 23.9 Å². The molecule has 28 heavy (non-hydrogen) atoms. The first kappa shape index (κ1) is 18.2. The second-order valence-corrected chi connectivity index (χ2v) is 7.04. The van der Waals surface area contributed by atoms with Gasteiger partial charge in [-0.15, -0.1) is 0 Å². The number of nitrogens with zero attached hydrogens (tertiary/aromatic N) is 2. The second kappa shape index (κ2) is 7.42. The Kier molecular flexibility index (Phi) is 4.81. The lowest BCUT2D eigenvalue weighted by atomic mass is 9.93. The molecule has 0 spiro atoms. The monoisotopic (exact) mass is 381 g/mol. The number of para-hydroxylation sites is 1. The second-order valence-electron chi connectivity index (χ2n) is 7.04. The normalized spacial score (nSPS) is 20.0. The van der Waals surface area contributed by atoms with E-state index in [4.69, 9.17) is 0 Å². The van der Waals surface area contributed by atoms with Gasteiger partial charge in [0, 0.05) is 17.9 Å². The van der Waals surface area contributed by atoms with Crippen LogP contribution in [0.5, 0.6) is 0 Å². The molecular weight excluding hydrogens is 361 g/mol. The van der Waals surface area contributed by atoms with Crippen molar-refractivity contribution in [3.8, 4) is 5.69 Å². The van der Waals surface area contributed by atoms with Gasteiger partial charge in [0.2, 0.25) is 0 Å². The zero-order valence-electron chi connectivity index (χ0n) is 15.2. The minimum Gasteiger partial charge on any atom is -0.314 e. The number of amides is 4. The van der Waals surface area contributed by atoms with Crippen LogP contribution in [0.4, 0.5) is 9.18 Å². The highest BCUT2D eigenvalue weighted by molar-refractivity contribution is 6.31. The van der Waals surface area contributed by atoms with Gasteiger partial charge in [0.05, 0.1) is 5.69 Å². The van der Waals surface area contributed by atoms with E-state index >= 15 is 0 Å². The molecule has 2 aliphatic rings.